The largest absolute Gasteiger partial charge is 4.00 e. The van der Waals surface area contributed by atoms with E-state index in [9.17, 15) is 0 Å². The van der Waals surface area contributed by atoms with E-state index in [0.29, 0.717) is 0 Å². The summed E-state index contributed by atoms with van der Waals surface area (Å²) < 4.78 is 0. The van der Waals surface area contributed by atoms with Gasteiger partial charge in [-0.05, 0) is 0 Å². The van der Waals surface area contributed by atoms with Gasteiger partial charge in [-0.25, -0.2) is 12.1 Å². The average Bonchev–Trinajstić information content (AvgIpc) is 3.00. The van der Waals surface area contributed by atoms with Gasteiger partial charge in [-0.3, -0.25) is 0 Å². The second-order valence-corrected chi connectivity index (χ2v) is 4.79. The molecule has 1 rings (SSSR count). The van der Waals surface area contributed by atoms with Gasteiger partial charge in [-0.1, -0.05) is 47.0 Å². The molecule has 0 atom stereocenters. The summed E-state index contributed by atoms with van der Waals surface area (Å²) in [5.41, 5.74) is 1.46. The van der Waals surface area contributed by atoms with Gasteiger partial charge in [0.1, 0.15) is 0 Å². The summed E-state index contributed by atoms with van der Waals surface area (Å²) in [5, 5.41) is 11.2. The maximum atomic E-state index is 3.74. The molecule has 0 unspecified atom stereocenters. The Hall–Kier alpha value is 0.100. The predicted molar refractivity (Wildman–Crippen MR) is 100 cm³/mol. The van der Waals surface area contributed by atoms with Crippen LogP contribution in [0, 0.1) is 5.92 Å². The summed E-state index contributed by atoms with van der Waals surface area (Å²) in [4.78, 5) is 0. The Morgan fingerprint density at radius 3 is 1.23 bits per heavy atom. The second kappa shape index (κ2) is 29.2. The number of rotatable bonds is 5. The molecular weight excluding hydrogens is 437 g/mol. The first-order valence-corrected chi connectivity index (χ1v) is 7.91. The monoisotopic (exact) mass is 475 g/mol. The molecule has 0 saturated carbocycles. The molecule has 0 spiro atoms. The SMILES string of the molecule is CC(C)C[c-]1cccc1.CC[N-]C.CC[N-]C.CC[N-]C.[Hf+4]. The van der Waals surface area contributed by atoms with Gasteiger partial charge < -0.3 is 16.0 Å². The van der Waals surface area contributed by atoms with Gasteiger partial charge in [0.2, 0.25) is 0 Å². The van der Waals surface area contributed by atoms with Crippen molar-refractivity contribution >= 4 is 0 Å². The average molecular weight is 474 g/mol. The maximum Gasteiger partial charge on any atom is 4.00 e. The van der Waals surface area contributed by atoms with Crippen molar-refractivity contribution in [3.63, 3.8) is 0 Å². The molecule has 1 aromatic carbocycles. The van der Waals surface area contributed by atoms with E-state index in [1.165, 1.54) is 12.0 Å². The molecule has 0 aliphatic carbocycles. The molecular formula is C18H37HfN3. The van der Waals surface area contributed by atoms with Crippen molar-refractivity contribution < 1.29 is 25.8 Å². The van der Waals surface area contributed by atoms with Crippen molar-refractivity contribution in [1.82, 2.24) is 0 Å². The van der Waals surface area contributed by atoms with Gasteiger partial charge in [0.25, 0.3) is 0 Å². The van der Waals surface area contributed by atoms with E-state index >= 15 is 0 Å². The molecule has 0 aromatic heterocycles. The van der Waals surface area contributed by atoms with Gasteiger partial charge in [0, 0.05) is 0 Å². The van der Waals surface area contributed by atoms with Crippen LogP contribution in [0.4, 0.5) is 0 Å². The molecule has 0 heterocycles. The summed E-state index contributed by atoms with van der Waals surface area (Å²) in [5.74, 6) is 0.785. The zero-order chi connectivity index (χ0) is 16.9. The van der Waals surface area contributed by atoms with Crippen LogP contribution in [0.5, 0.6) is 0 Å². The van der Waals surface area contributed by atoms with Crippen LogP contribution in [0.3, 0.4) is 0 Å². The third kappa shape index (κ3) is 36.9. The van der Waals surface area contributed by atoms with E-state index < -0.39 is 0 Å². The normalized spacial score (nSPS) is 8.41. The van der Waals surface area contributed by atoms with Crippen molar-refractivity contribution in [1.29, 1.82) is 0 Å². The van der Waals surface area contributed by atoms with Gasteiger partial charge in [0.15, 0.2) is 0 Å². The topological polar surface area (TPSA) is 42.3 Å². The molecule has 0 N–H and O–H groups in total. The molecule has 0 bridgehead atoms. The fourth-order valence-corrected chi connectivity index (χ4v) is 1.02. The number of hydrogen-bond donors (Lipinski definition) is 0. The molecule has 0 radical (unpaired) electrons. The third-order valence-electron chi connectivity index (χ3n) is 2.32. The van der Waals surface area contributed by atoms with Crippen LogP contribution < -0.4 is 0 Å². The summed E-state index contributed by atoms with van der Waals surface area (Å²) in [6.45, 7) is 13.4. The smallest absolute Gasteiger partial charge is 0.665 e. The molecule has 1 aromatic rings. The Balaban J connectivity index is -0.000000107. The first-order chi connectivity index (χ1) is 10.0. The third-order valence-corrected chi connectivity index (χ3v) is 2.32. The van der Waals surface area contributed by atoms with Crippen LogP contribution in [0.25, 0.3) is 16.0 Å². The van der Waals surface area contributed by atoms with Gasteiger partial charge in [0.05, 0.1) is 0 Å². The van der Waals surface area contributed by atoms with E-state index in [1.807, 2.05) is 20.8 Å². The zero-order valence-electron chi connectivity index (χ0n) is 16.1. The van der Waals surface area contributed by atoms with E-state index in [4.69, 9.17) is 0 Å². The van der Waals surface area contributed by atoms with Crippen molar-refractivity contribution in [2.75, 3.05) is 40.8 Å². The van der Waals surface area contributed by atoms with E-state index in [0.717, 1.165) is 25.6 Å². The molecule has 22 heavy (non-hydrogen) atoms. The second-order valence-electron chi connectivity index (χ2n) is 4.79. The van der Waals surface area contributed by atoms with Crippen molar-refractivity contribution in [3.05, 3.63) is 45.8 Å². The van der Waals surface area contributed by atoms with Crippen LogP contribution in [-0.2, 0) is 32.3 Å². The standard InChI is InChI=1S/C9H13.3C3H8N.Hf/c1-8(2)7-9-5-3-4-6-9;3*1-3-4-2;/h3-6,8H,7H2,1-2H3;3*3H2,1-2H3;/q4*-1;+4. The van der Waals surface area contributed by atoms with Crippen molar-refractivity contribution in [2.24, 2.45) is 5.92 Å². The Morgan fingerprint density at radius 2 is 1.05 bits per heavy atom. The van der Waals surface area contributed by atoms with Gasteiger partial charge in [-0.15, -0.1) is 0 Å². The van der Waals surface area contributed by atoms with Crippen molar-refractivity contribution in [2.45, 2.75) is 41.0 Å². The van der Waals surface area contributed by atoms with Crippen LogP contribution in [0.15, 0.2) is 24.3 Å². The first-order valence-electron chi connectivity index (χ1n) is 7.91. The Labute approximate surface area is 159 Å². The Kier molecular flexibility index (Phi) is 39.8. The Morgan fingerprint density at radius 1 is 0.773 bits per heavy atom. The minimum absolute atomic E-state index is 0. The van der Waals surface area contributed by atoms with E-state index in [2.05, 4.69) is 54.1 Å². The summed E-state index contributed by atoms with van der Waals surface area (Å²) >= 11 is 0. The Bertz CT molecular complexity index is 221. The van der Waals surface area contributed by atoms with Crippen LogP contribution in [0.2, 0.25) is 0 Å². The molecule has 0 aliphatic heterocycles. The van der Waals surface area contributed by atoms with Gasteiger partial charge in [-0.2, -0.15) is 58.5 Å². The maximum absolute atomic E-state index is 3.74. The number of nitrogens with zero attached hydrogens (tertiary/aromatic N) is 3. The fourth-order valence-electron chi connectivity index (χ4n) is 1.02. The number of hydrogen-bond acceptors (Lipinski definition) is 0. The minimum atomic E-state index is 0. The molecule has 0 fully saturated rings. The van der Waals surface area contributed by atoms with Gasteiger partial charge >= 0.3 is 25.8 Å². The molecule has 4 heteroatoms. The van der Waals surface area contributed by atoms with Crippen LogP contribution in [0.1, 0.15) is 40.2 Å². The molecule has 0 saturated heterocycles. The first kappa shape index (κ1) is 30.0. The van der Waals surface area contributed by atoms with Crippen LogP contribution in [-0.4, -0.2) is 40.8 Å². The summed E-state index contributed by atoms with van der Waals surface area (Å²) in [6, 6.07) is 8.55. The summed E-state index contributed by atoms with van der Waals surface area (Å²) in [7, 11) is 5.42. The predicted octanol–water partition coefficient (Wildman–Crippen LogP) is 5.63. The van der Waals surface area contributed by atoms with E-state index in [1.54, 1.807) is 21.1 Å². The zero-order valence-corrected chi connectivity index (χ0v) is 19.6. The molecule has 3 nitrogen and oxygen atoms in total. The quantitative estimate of drug-likeness (QED) is 0.393. The van der Waals surface area contributed by atoms with Crippen molar-refractivity contribution in [3.8, 4) is 0 Å². The molecule has 128 valence electrons. The van der Waals surface area contributed by atoms with Crippen LogP contribution >= 0.6 is 0 Å². The minimum Gasteiger partial charge on any atom is -0.665 e. The molecule has 0 amide bonds. The fraction of sp³-hybridized carbons (Fsp3) is 0.722. The molecule has 0 aliphatic rings. The summed E-state index contributed by atoms with van der Waals surface area (Å²) in [6.07, 6.45) is 1.22. The van der Waals surface area contributed by atoms with E-state index in [-0.39, 0.29) is 25.8 Å².